The van der Waals surface area contributed by atoms with Gasteiger partial charge in [0.05, 0.1) is 5.02 Å². The number of carbonyl (C=O) groups excluding carboxylic acids is 1. The van der Waals surface area contributed by atoms with E-state index in [-0.39, 0.29) is 16.7 Å². The molecule has 5 heteroatoms. The van der Waals surface area contributed by atoms with Gasteiger partial charge in [0.25, 0.3) is 0 Å². The van der Waals surface area contributed by atoms with Crippen LogP contribution in [0.25, 0.3) is 6.08 Å². The van der Waals surface area contributed by atoms with Crippen molar-refractivity contribution in [2.75, 3.05) is 0 Å². The number of benzene rings is 2. The van der Waals surface area contributed by atoms with E-state index in [0.717, 1.165) is 5.56 Å². The van der Waals surface area contributed by atoms with Gasteiger partial charge in [-0.1, -0.05) is 29.8 Å². The van der Waals surface area contributed by atoms with E-state index in [9.17, 15) is 13.6 Å². The van der Waals surface area contributed by atoms with Crippen LogP contribution in [0.15, 0.2) is 48.5 Å². The summed E-state index contributed by atoms with van der Waals surface area (Å²) >= 11 is 5.64. The molecule has 0 radical (unpaired) electrons. The van der Waals surface area contributed by atoms with Crippen LogP contribution in [0.2, 0.25) is 5.02 Å². The first-order valence-electron chi connectivity index (χ1n) is 6.20. The molecule has 0 atom stereocenters. The van der Waals surface area contributed by atoms with Gasteiger partial charge in [-0.15, -0.1) is 0 Å². The molecule has 108 valence electrons. The van der Waals surface area contributed by atoms with Crippen molar-refractivity contribution >= 4 is 23.6 Å². The Bertz CT molecular complexity index is 668. The van der Waals surface area contributed by atoms with Crippen LogP contribution in [0.3, 0.4) is 0 Å². The predicted octanol–water partition coefficient (Wildman–Crippen LogP) is 3.95. The molecule has 0 unspecified atom stereocenters. The van der Waals surface area contributed by atoms with Gasteiger partial charge in [0.2, 0.25) is 5.91 Å². The summed E-state index contributed by atoms with van der Waals surface area (Å²) in [5.74, 6) is -1.13. The second kappa shape index (κ2) is 6.99. The van der Waals surface area contributed by atoms with Crippen molar-refractivity contribution < 1.29 is 13.6 Å². The number of carbonyl (C=O) groups is 1. The Balaban J connectivity index is 1.90. The summed E-state index contributed by atoms with van der Waals surface area (Å²) in [7, 11) is 0. The van der Waals surface area contributed by atoms with E-state index in [1.54, 1.807) is 12.1 Å². The van der Waals surface area contributed by atoms with Crippen LogP contribution in [0.1, 0.15) is 11.1 Å². The minimum absolute atomic E-state index is 0.00358. The van der Waals surface area contributed by atoms with Crippen molar-refractivity contribution in [2.45, 2.75) is 6.54 Å². The molecule has 2 nitrogen and oxygen atoms in total. The highest BCUT2D eigenvalue weighted by Gasteiger charge is 2.00. The summed E-state index contributed by atoms with van der Waals surface area (Å²) in [6.07, 6.45) is 2.86. The second-order valence-electron chi connectivity index (χ2n) is 4.35. The zero-order valence-electron chi connectivity index (χ0n) is 10.9. The Morgan fingerprint density at radius 1 is 1.14 bits per heavy atom. The van der Waals surface area contributed by atoms with Crippen LogP contribution < -0.4 is 5.32 Å². The zero-order valence-corrected chi connectivity index (χ0v) is 11.7. The van der Waals surface area contributed by atoms with Gasteiger partial charge in [-0.3, -0.25) is 4.79 Å². The summed E-state index contributed by atoms with van der Waals surface area (Å²) in [5, 5.41) is 2.66. The van der Waals surface area contributed by atoms with E-state index in [1.165, 1.54) is 42.5 Å². The fraction of sp³-hybridized carbons (Fsp3) is 0.0625. The van der Waals surface area contributed by atoms with Crippen LogP contribution in [0.4, 0.5) is 8.78 Å². The number of nitrogens with one attached hydrogen (secondary N) is 1. The van der Waals surface area contributed by atoms with Gasteiger partial charge in [-0.25, -0.2) is 8.78 Å². The standard InChI is InChI=1S/C16H12ClF2NO/c17-14-9-11(3-7-15(14)19)4-8-16(21)20-10-12-1-5-13(18)6-2-12/h1-9H,10H2,(H,20,21)/b8-4+. The molecule has 0 saturated carbocycles. The fourth-order valence-corrected chi connectivity index (χ4v) is 1.83. The van der Waals surface area contributed by atoms with Gasteiger partial charge < -0.3 is 5.32 Å². The maximum atomic E-state index is 13.0. The number of hydrogen-bond donors (Lipinski definition) is 1. The van der Waals surface area contributed by atoms with Crippen molar-refractivity contribution in [1.29, 1.82) is 0 Å². The van der Waals surface area contributed by atoms with Crippen molar-refractivity contribution in [3.8, 4) is 0 Å². The van der Waals surface area contributed by atoms with Crippen LogP contribution in [-0.4, -0.2) is 5.91 Å². The molecule has 2 aromatic rings. The van der Waals surface area contributed by atoms with E-state index >= 15 is 0 Å². The van der Waals surface area contributed by atoms with E-state index in [0.29, 0.717) is 12.1 Å². The van der Waals surface area contributed by atoms with E-state index in [1.807, 2.05) is 0 Å². The lowest BCUT2D eigenvalue weighted by Crippen LogP contribution is -2.20. The Morgan fingerprint density at radius 3 is 2.52 bits per heavy atom. The highest BCUT2D eigenvalue weighted by molar-refractivity contribution is 6.30. The van der Waals surface area contributed by atoms with E-state index < -0.39 is 5.82 Å². The summed E-state index contributed by atoms with van der Waals surface area (Å²) in [6, 6.07) is 10.0. The van der Waals surface area contributed by atoms with E-state index in [2.05, 4.69) is 5.32 Å². The Hall–Kier alpha value is -2.20. The molecule has 0 aliphatic rings. The molecule has 0 aliphatic carbocycles. The quantitative estimate of drug-likeness (QED) is 0.852. The molecule has 0 bridgehead atoms. The topological polar surface area (TPSA) is 29.1 Å². The molecule has 0 heterocycles. The van der Waals surface area contributed by atoms with Crippen molar-refractivity contribution in [3.63, 3.8) is 0 Å². The van der Waals surface area contributed by atoms with Gasteiger partial charge in [-0.2, -0.15) is 0 Å². The molecule has 0 aromatic heterocycles. The minimum Gasteiger partial charge on any atom is -0.348 e. The van der Waals surface area contributed by atoms with Crippen molar-refractivity contribution in [2.24, 2.45) is 0 Å². The van der Waals surface area contributed by atoms with Gasteiger partial charge in [0.15, 0.2) is 0 Å². The second-order valence-corrected chi connectivity index (χ2v) is 4.76. The Morgan fingerprint density at radius 2 is 1.86 bits per heavy atom. The highest BCUT2D eigenvalue weighted by atomic mass is 35.5. The maximum Gasteiger partial charge on any atom is 0.244 e. The first kappa shape index (κ1) is 15.2. The number of rotatable bonds is 4. The van der Waals surface area contributed by atoms with Crippen LogP contribution in [0.5, 0.6) is 0 Å². The van der Waals surface area contributed by atoms with Crippen molar-refractivity contribution in [1.82, 2.24) is 5.32 Å². The van der Waals surface area contributed by atoms with Crippen molar-refractivity contribution in [3.05, 3.63) is 76.3 Å². The average Bonchev–Trinajstić information content (AvgIpc) is 2.48. The fourth-order valence-electron chi connectivity index (χ4n) is 1.64. The highest BCUT2D eigenvalue weighted by Crippen LogP contribution is 2.16. The predicted molar refractivity (Wildman–Crippen MR) is 78.7 cm³/mol. The molecule has 2 aromatic carbocycles. The number of amides is 1. The van der Waals surface area contributed by atoms with Gasteiger partial charge in [0, 0.05) is 12.6 Å². The Labute approximate surface area is 126 Å². The lowest BCUT2D eigenvalue weighted by atomic mass is 10.2. The molecular formula is C16H12ClF2NO. The lowest BCUT2D eigenvalue weighted by molar-refractivity contribution is -0.116. The molecule has 2 rings (SSSR count). The first-order valence-corrected chi connectivity index (χ1v) is 6.58. The number of halogens is 3. The van der Waals surface area contributed by atoms with Gasteiger partial charge in [0.1, 0.15) is 11.6 Å². The van der Waals surface area contributed by atoms with E-state index in [4.69, 9.17) is 11.6 Å². The molecule has 1 amide bonds. The molecule has 0 saturated heterocycles. The third-order valence-electron chi connectivity index (χ3n) is 2.75. The molecule has 1 N–H and O–H groups in total. The van der Waals surface area contributed by atoms with Gasteiger partial charge >= 0.3 is 0 Å². The summed E-state index contributed by atoms with van der Waals surface area (Å²) < 4.78 is 25.7. The summed E-state index contributed by atoms with van der Waals surface area (Å²) in [6.45, 7) is 0.299. The average molecular weight is 308 g/mol. The van der Waals surface area contributed by atoms with Gasteiger partial charge in [-0.05, 0) is 41.5 Å². The SMILES string of the molecule is O=C(/C=C/c1ccc(F)c(Cl)c1)NCc1ccc(F)cc1. The molecular weight excluding hydrogens is 296 g/mol. The van der Waals surface area contributed by atoms with Crippen LogP contribution >= 0.6 is 11.6 Å². The summed E-state index contributed by atoms with van der Waals surface area (Å²) in [5.41, 5.74) is 1.42. The minimum atomic E-state index is -0.505. The zero-order chi connectivity index (χ0) is 15.2. The molecule has 0 fully saturated rings. The monoisotopic (exact) mass is 307 g/mol. The lowest BCUT2D eigenvalue weighted by Gasteiger charge is -2.02. The normalized spacial score (nSPS) is 10.8. The molecule has 21 heavy (non-hydrogen) atoms. The Kier molecular flexibility index (Phi) is 5.06. The molecule has 0 spiro atoms. The largest absolute Gasteiger partial charge is 0.348 e. The smallest absolute Gasteiger partial charge is 0.244 e. The third-order valence-corrected chi connectivity index (χ3v) is 3.04. The number of hydrogen-bond acceptors (Lipinski definition) is 1. The summed E-state index contributed by atoms with van der Waals surface area (Å²) in [4.78, 5) is 11.6. The molecule has 0 aliphatic heterocycles. The van der Waals surface area contributed by atoms with Crippen LogP contribution in [0, 0.1) is 11.6 Å². The first-order chi connectivity index (χ1) is 10.0. The maximum absolute atomic E-state index is 13.0. The third kappa shape index (κ3) is 4.68. The van der Waals surface area contributed by atoms with Crippen LogP contribution in [-0.2, 0) is 11.3 Å².